The van der Waals surface area contributed by atoms with Crippen molar-refractivity contribution in [2.24, 2.45) is 4.99 Å². The summed E-state index contributed by atoms with van der Waals surface area (Å²) >= 11 is 0. The molecule has 0 amide bonds. The van der Waals surface area contributed by atoms with Crippen molar-refractivity contribution in [1.82, 2.24) is 0 Å². The van der Waals surface area contributed by atoms with Gasteiger partial charge in [-0.25, -0.2) is 0 Å². The molecule has 21 heavy (non-hydrogen) atoms. The van der Waals surface area contributed by atoms with Crippen molar-refractivity contribution < 1.29 is 22.6 Å². The van der Waals surface area contributed by atoms with Crippen LogP contribution in [0, 0.1) is 0 Å². The van der Waals surface area contributed by atoms with E-state index in [2.05, 4.69) is 9.73 Å². The summed E-state index contributed by atoms with van der Waals surface area (Å²) in [7, 11) is 1.58. The highest BCUT2D eigenvalue weighted by Crippen LogP contribution is 2.24. The largest absolute Gasteiger partial charge is 0.573 e. The maximum atomic E-state index is 12.0. The lowest BCUT2D eigenvalue weighted by Crippen LogP contribution is -2.16. The molecule has 0 aliphatic heterocycles. The zero-order chi connectivity index (χ0) is 15.3. The molecule has 2 aromatic rings. The predicted molar refractivity (Wildman–Crippen MR) is 73.4 cm³/mol. The SMILES string of the molecule is COc1ccc(C=Nc2ccc(OC(F)(F)F)cc2)cc1. The number of nitrogens with zero attached hydrogens (tertiary/aromatic N) is 1. The molecule has 0 saturated heterocycles. The monoisotopic (exact) mass is 295 g/mol. The van der Waals surface area contributed by atoms with Gasteiger partial charge in [-0.05, 0) is 54.1 Å². The molecule has 2 rings (SSSR count). The molecule has 0 aliphatic rings. The third-order valence-corrected chi connectivity index (χ3v) is 2.55. The molecule has 0 bridgehead atoms. The Kier molecular flexibility index (Phi) is 4.47. The topological polar surface area (TPSA) is 30.8 Å². The predicted octanol–water partition coefficient (Wildman–Crippen LogP) is 4.34. The van der Waals surface area contributed by atoms with Gasteiger partial charge in [-0.1, -0.05) is 0 Å². The van der Waals surface area contributed by atoms with Gasteiger partial charge in [0.15, 0.2) is 0 Å². The number of aliphatic imine (C=N–C) groups is 1. The zero-order valence-electron chi connectivity index (χ0n) is 11.1. The molecule has 0 radical (unpaired) electrons. The number of halogens is 3. The molecule has 0 heterocycles. The molecule has 0 spiro atoms. The third-order valence-electron chi connectivity index (χ3n) is 2.55. The summed E-state index contributed by atoms with van der Waals surface area (Å²) in [6.45, 7) is 0. The van der Waals surface area contributed by atoms with E-state index in [9.17, 15) is 13.2 Å². The molecule has 0 fully saturated rings. The van der Waals surface area contributed by atoms with Crippen LogP contribution in [-0.2, 0) is 0 Å². The van der Waals surface area contributed by atoms with Gasteiger partial charge in [0.2, 0.25) is 0 Å². The molecular weight excluding hydrogens is 283 g/mol. The summed E-state index contributed by atoms with van der Waals surface area (Å²) in [5.74, 6) is 0.465. The van der Waals surface area contributed by atoms with E-state index >= 15 is 0 Å². The van der Waals surface area contributed by atoms with E-state index in [-0.39, 0.29) is 5.75 Å². The van der Waals surface area contributed by atoms with Crippen molar-refractivity contribution in [2.45, 2.75) is 6.36 Å². The van der Waals surface area contributed by atoms with Gasteiger partial charge in [0.05, 0.1) is 12.8 Å². The fourth-order valence-electron chi connectivity index (χ4n) is 1.57. The summed E-state index contributed by atoms with van der Waals surface area (Å²) in [6, 6.07) is 12.6. The second kappa shape index (κ2) is 6.30. The van der Waals surface area contributed by atoms with Crippen molar-refractivity contribution in [1.29, 1.82) is 0 Å². The first-order valence-corrected chi connectivity index (χ1v) is 6.00. The number of benzene rings is 2. The van der Waals surface area contributed by atoms with E-state index in [1.165, 1.54) is 24.3 Å². The highest BCUT2D eigenvalue weighted by Gasteiger charge is 2.30. The fourth-order valence-corrected chi connectivity index (χ4v) is 1.57. The number of hydrogen-bond acceptors (Lipinski definition) is 3. The maximum absolute atomic E-state index is 12.0. The first kappa shape index (κ1) is 14.9. The van der Waals surface area contributed by atoms with Crippen LogP contribution < -0.4 is 9.47 Å². The first-order chi connectivity index (χ1) is 9.96. The summed E-state index contributed by atoms with van der Waals surface area (Å²) in [5.41, 5.74) is 1.38. The number of alkyl halides is 3. The van der Waals surface area contributed by atoms with E-state index in [0.717, 1.165) is 11.3 Å². The Balaban J connectivity index is 2.03. The van der Waals surface area contributed by atoms with Gasteiger partial charge in [-0.3, -0.25) is 4.99 Å². The molecule has 0 N–H and O–H groups in total. The fraction of sp³-hybridized carbons (Fsp3) is 0.133. The average molecular weight is 295 g/mol. The molecule has 110 valence electrons. The summed E-state index contributed by atoms with van der Waals surface area (Å²) in [5, 5.41) is 0. The van der Waals surface area contributed by atoms with E-state index in [0.29, 0.717) is 5.69 Å². The van der Waals surface area contributed by atoms with Crippen molar-refractivity contribution in [3.8, 4) is 11.5 Å². The van der Waals surface area contributed by atoms with Gasteiger partial charge in [0.1, 0.15) is 11.5 Å². The second-order valence-electron chi connectivity index (χ2n) is 4.07. The van der Waals surface area contributed by atoms with Crippen LogP contribution >= 0.6 is 0 Å². The quantitative estimate of drug-likeness (QED) is 0.785. The molecule has 3 nitrogen and oxygen atoms in total. The van der Waals surface area contributed by atoms with E-state index < -0.39 is 6.36 Å². The van der Waals surface area contributed by atoms with Crippen LogP contribution in [0.25, 0.3) is 0 Å². The lowest BCUT2D eigenvalue weighted by Gasteiger charge is -2.08. The van der Waals surface area contributed by atoms with Crippen molar-refractivity contribution in [3.63, 3.8) is 0 Å². The molecule has 0 saturated carbocycles. The van der Waals surface area contributed by atoms with E-state index in [4.69, 9.17) is 4.74 Å². The summed E-state index contributed by atoms with van der Waals surface area (Å²) < 4.78 is 44.8. The van der Waals surface area contributed by atoms with Crippen LogP contribution in [0.15, 0.2) is 53.5 Å². The molecule has 2 aromatic carbocycles. The first-order valence-electron chi connectivity index (χ1n) is 6.00. The minimum atomic E-state index is -4.69. The molecule has 6 heteroatoms. The Hall–Kier alpha value is -2.50. The van der Waals surface area contributed by atoms with Gasteiger partial charge < -0.3 is 9.47 Å². The lowest BCUT2D eigenvalue weighted by molar-refractivity contribution is -0.274. The van der Waals surface area contributed by atoms with Gasteiger partial charge in [0.25, 0.3) is 0 Å². The van der Waals surface area contributed by atoms with Crippen molar-refractivity contribution >= 4 is 11.9 Å². The van der Waals surface area contributed by atoms with Crippen molar-refractivity contribution in [3.05, 3.63) is 54.1 Å². The van der Waals surface area contributed by atoms with Crippen LogP contribution in [0.1, 0.15) is 5.56 Å². The normalized spacial score (nSPS) is 11.6. The highest BCUT2D eigenvalue weighted by molar-refractivity contribution is 5.82. The van der Waals surface area contributed by atoms with Crippen LogP contribution in [0.4, 0.5) is 18.9 Å². The highest BCUT2D eigenvalue weighted by atomic mass is 19.4. The Bertz CT molecular complexity index is 604. The van der Waals surface area contributed by atoms with Gasteiger partial charge in [-0.2, -0.15) is 0 Å². The summed E-state index contributed by atoms with van der Waals surface area (Å²) in [6.07, 6.45) is -3.08. The van der Waals surface area contributed by atoms with E-state index in [1.807, 2.05) is 12.1 Å². The standard InChI is InChI=1S/C15H12F3NO2/c1-20-13-6-2-11(3-7-13)10-19-12-4-8-14(9-5-12)21-15(16,17)18/h2-10H,1H3. The van der Waals surface area contributed by atoms with Crippen LogP contribution in [-0.4, -0.2) is 19.7 Å². The van der Waals surface area contributed by atoms with E-state index in [1.54, 1.807) is 25.5 Å². The third kappa shape index (κ3) is 4.83. The summed E-state index contributed by atoms with van der Waals surface area (Å²) in [4.78, 5) is 4.17. The minimum absolute atomic E-state index is 0.272. The van der Waals surface area contributed by atoms with Crippen LogP contribution in [0.2, 0.25) is 0 Å². The number of hydrogen-bond donors (Lipinski definition) is 0. The maximum Gasteiger partial charge on any atom is 0.573 e. The molecule has 0 unspecified atom stereocenters. The molecule has 0 aliphatic carbocycles. The Labute approximate surface area is 119 Å². The number of rotatable bonds is 4. The second-order valence-corrected chi connectivity index (χ2v) is 4.07. The number of methoxy groups -OCH3 is 1. The number of ether oxygens (including phenoxy) is 2. The van der Waals surface area contributed by atoms with Gasteiger partial charge >= 0.3 is 6.36 Å². The van der Waals surface area contributed by atoms with Gasteiger partial charge in [0, 0.05) is 6.21 Å². The Morgan fingerprint density at radius 1 is 0.905 bits per heavy atom. The molecular formula is C15H12F3NO2. The zero-order valence-corrected chi connectivity index (χ0v) is 11.1. The lowest BCUT2D eigenvalue weighted by atomic mass is 10.2. The van der Waals surface area contributed by atoms with Crippen LogP contribution in [0.5, 0.6) is 11.5 Å². The molecule has 0 atom stereocenters. The Morgan fingerprint density at radius 3 is 2.00 bits per heavy atom. The van der Waals surface area contributed by atoms with Gasteiger partial charge in [-0.15, -0.1) is 13.2 Å². The smallest absolute Gasteiger partial charge is 0.497 e. The average Bonchev–Trinajstić information content (AvgIpc) is 2.45. The van der Waals surface area contributed by atoms with Crippen LogP contribution in [0.3, 0.4) is 0 Å². The van der Waals surface area contributed by atoms with Crippen molar-refractivity contribution in [2.75, 3.05) is 7.11 Å². The molecule has 0 aromatic heterocycles. The Morgan fingerprint density at radius 2 is 1.48 bits per heavy atom. The minimum Gasteiger partial charge on any atom is -0.497 e.